The molecule has 2 aliphatic rings. The number of rotatable bonds is 15. The van der Waals surface area contributed by atoms with E-state index in [1.807, 2.05) is 36.4 Å². The van der Waals surface area contributed by atoms with Crippen LogP contribution < -0.4 is 20.1 Å². The molecule has 0 bridgehead atoms. The highest BCUT2D eigenvalue weighted by Crippen LogP contribution is 2.32. The molecule has 0 aliphatic carbocycles. The topological polar surface area (TPSA) is 136 Å². The van der Waals surface area contributed by atoms with Crippen LogP contribution in [0.1, 0.15) is 11.1 Å². The van der Waals surface area contributed by atoms with Gasteiger partial charge in [0.15, 0.2) is 0 Å². The SMILES string of the molecule is COCCN1C(=O)C(Nc2ccc(OC(F)F)cc2)=C(c2ccccc2)C1=O.COCCN1C(=O)C(Nc2ccc(OC)cc2)=C(c2ccccc2)C1=O. The van der Waals surface area contributed by atoms with Gasteiger partial charge in [-0.05, 0) is 59.7 Å². The molecule has 0 atom stereocenters. The molecule has 14 heteroatoms. The van der Waals surface area contributed by atoms with Crippen molar-refractivity contribution in [1.29, 1.82) is 0 Å². The van der Waals surface area contributed by atoms with Gasteiger partial charge >= 0.3 is 6.61 Å². The van der Waals surface area contributed by atoms with Crippen LogP contribution in [0.5, 0.6) is 11.5 Å². The summed E-state index contributed by atoms with van der Waals surface area (Å²) in [5.41, 5.74) is 3.45. The first-order valence-electron chi connectivity index (χ1n) is 16.7. The summed E-state index contributed by atoms with van der Waals surface area (Å²) in [5, 5.41) is 6.04. The van der Waals surface area contributed by atoms with Gasteiger partial charge in [0.05, 0.1) is 44.6 Å². The van der Waals surface area contributed by atoms with E-state index >= 15 is 0 Å². The van der Waals surface area contributed by atoms with Crippen molar-refractivity contribution >= 4 is 46.1 Å². The van der Waals surface area contributed by atoms with Crippen LogP contribution in [0.2, 0.25) is 0 Å². The van der Waals surface area contributed by atoms with Gasteiger partial charge in [-0.25, -0.2) is 0 Å². The molecule has 4 aromatic carbocycles. The Morgan fingerprint density at radius 2 is 0.926 bits per heavy atom. The predicted octanol–water partition coefficient (Wildman–Crippen LogP) is 5.66. The second kappa shape index (κ2) is 18.4. The summed E-state index contributed by atoms with van der Waals surface area (Å²) in [5.74, 6) is -0.880. The number of halogens is 2. The molecule has 6 rings (SSSR count). The Kier molecular flexibility index (Phi) is 13.2. The normalized spacial score (nSPS) is 14.2. The fraction of sp³-hybridized carbons (Fsp3) is 0.200. The molecule has 0 radical (unpaired) electrons. The number of amides is 4. The maximum Gasteiger partial charge on any atom is 0.387 e. The van der Waals surface area contributed by atoms with Crippen LogP contribution in [0.3, 0.4) is 0 Å². The molecule has 0 saturated carbocycles. The number of anilines is 2. The maximum absolute atomic E-state index is 12.9. The Morgan fingerprint density at radius 3 is 1.28 bits per heavy atom. The van der Waals surface area contributed by atoms with E-state index in [-0.39, 0.29) is 60.8 Å². The highest BCUT2D eigenvalue weighted by molar-refractivity contribution is 6.37. The standard InChI is InChI=1S/C20H18F2N2O4.C20H20N2O4/c1-27-12-11-24-18(25)16(13-5-3-2-4-6-13)17(19(24)26)23-14-7-9-15(10-8-14)28-20(21)22;1-25-13-12-22-19(23)17(14-6-4-3-5-7-14)18(20(22)24)21-15-8-10-16(26-2)11-9-15/h2-10,20,23H,11-12H2,1H3;3-11,21H,12-13H2,1-2H3. The van der Waals surface area contributed by atoms with E-state index in [0.717, 1.165) is 4.90 Å². The molecule has 0 fully saturated rings. The van der Waals surface area contributed by atoms with Crippen LogP contribution in [0.25, 0.3) is 11.1 Å². The zero-order chi connectivity index (χ0) is 38.6. The van der Waals surface area contributed by atoms with Crippen LogP contribution in [0.4, 0.5) is 20.2 Å². The molecule has 2 aliphatic heterocycles. The summed E-state index contributed by atoms with van der Waals surface area (Å²) < 4.78 is 44.0. The lowest BCUT2D eigenvalue weighted by atomic mass is 10.0. The largest absolute Gasteiger partial charge is 0.497 e. The zero-order valence-electron chi connectivity index (χ0n) is 29.7. The third kappa shape index (κ3) is 9.15. The van der Waals surface area contributed by atoms with Gasteiger partial charge in [0.2, 0.25) is 0 Å². The molecule has 4 aromatic rings. The minimum absolute atomic E-state index is 0.00615. The van der Waals surface area contributed by atoms with E-state index in [4.69, 9.17) is 14.2 Å². The number of methoxy groups -OCH3 is 3. The van der Waals surface area contributed by atoms with Gasteiger partial charge in [-0.3, -0.25) is 29.0 Å². The first-order valence-corrected chi connectivity index (χ1v) is 16.7. The Morgan fingerprint density at radius 1 is 0.537 bits per heavy atom. The number of alkyl halides is 2. The first kappa shape index (κ1) is 38.8. The van der Waals surface area contributed by atoms with E-state index in [1.165, 1.54) is 43.4 Å². The Hall–Kier alpha value is -6.38. The third-order valence-electron chi connectivity index (χ3n) is 8.21. The van der Waals surface area contributed by atoms with Crippen molar-refractivity contribution < 1.29 is 46.9 Å². The summed E-state index contributed by atoms with van der Waals surface area (Å²) in [6.07, 6.45) is 0. The van der Waals surface area contributed by atoms with Crippen molar-refractivity contribution in [2.75, 3.05) is 58.3 Å². The van der Waals surface area contributed by atoms with Crippen molar-refractivity contribution in [1.82, 2.24) is 9.80 Å². The lowest BCUT2D eigenvalue weighted by molar-refractivity contribution is -0.139. The number of ether oxygens (including phenoxy) is 4. The van der Waals surface area contributed by atoms with Gasteiger partial charge in [-0.15, -0.1) is 0 Å². The Labute approximate surface area is 310 Å². The molecular weight excluding hydrogens is 702 g/mol. The monoisotopic (exact) mass is 740 g/mol. The molecule has 0 spiro atoms. The maximum atomic E-state index is 12.9. The lowest BCUT2D eigenvalue weighted by Crippen LogP contribution is -2.35. The number of nitrogens with one attached hydrogen (secondary N) is 2. The molecule has 0 saturated heterocycles. The molecule has 12 nitrogen and oxygen atoms in total. The Bertz CT molecular complexity index is 2010. The minimum Gasteiger partial charge on any atom is -0.497 e. The van der Waals surface area contributed by atoms with Crippen molar-refractivity contribution in [2.45, 2.75) is 6.61 Å². The molecule has 0 aromatic heterocycles. The number of carbonyl (C=O) groups is 4. The number of benzene rings is 4. The van der Waals surface area contributed by atoms with Crippen LogP contribution in [0, 0.1) is 0 Å². The number of carbonyl (C=O) groups excluding carboxylic acids is 4. The number of hydrogen-bond donors (Lipinski definition) is 2. The second-order valence-corrected chi connectivity index (χ2v) is 11.6. The highest BCUT2D eigenvalue weighted by Gasteiger charge is 2.40. The molecule has 0 unspecified atom stereocenters. The lowest BCUT2D eigenvalue weighted by Gasteiger charge is -2.14. The number of hydrogen-bond acceptors (Lipinski definition) is 10. The first-order chi connectivity index (χ1) is 26.2. The Balaban J connectivity index is 0.000000208. The molecule has 54 heavy (non-hydrogen) atoms. The number of imide groups is 2. The average molecular weight is 741 g/mol. The number of nitrogens with zero attached hydrogens (tertiary/aromatic N) is 2. The molecule has 2 heterocycles. The van der Waals surface area contributed by atoms with Gasteiger partial charge in [-0.1, -0.05) is 60.7 Å². The van der Waals surface area contributed by atoms with Crippen LogP contribution in [0.15, 0.2) is 121 Å². The average Bonchev–Trinajstić information content (AvgIpc) is 3.56. The summed E-state index contributed by atoms with van der Waals surface area (Å²) in [7, 11) is 4.61. The molecular formula is C40H38F2N4O8. The smallest absolute Gasteiger partial charge is 0.387 e. The summed E-state index contributed by atoms with van der Waals surface area (Å²) >= 11 is 0. The van der Waals surface area contributed by atoms with Crippen molar-refractivity contribution in [3.05, 3.63) is 132 Å². The molecule has 2 N–H and O–H groups in total. The van der Waals surface area contributed by atoms with Gasteiger partial charge in [0.1, 0.15) is 22.9 Å². The fourth-order valence-electron chi connectivity index (χ4n) is 5.58. The minimum atomic E-state index is -2.92. The fourth-order valence-corrected chi connectivity index (χ4v) is 5.58. The van der Waals surface area contributed by atoms with Crippen molar-refractivity contribution in [3.63, 3.8) is 0 Å². The predicted molar refractivity (Wildman–Crippen MR) is 197 cm³/mol. The van der Waals surface area contributed by atoms with E-state index < -0.39 is 18.4 Å². The van der Waals surface area contributed by atoms with Gasteiger partial charge < -0.3 is 29.6 Å². The second-order valence-electron chi connectivity index (χ2n) is 11.6. The third-order valence-corrected chi connectivity index (χ3v) is 8.21. The molecule has 280 valence electrons. The summed E-state index contributed by atoms with van der Waals surface area (Å²) in [6.45, 7) is -2.09. The highest BCUT2D eigenvalue weighted by atomic mass is 19.3. The summed E-state index contributed by atoms with van der Waals surface area (Å²) in [6, 6.07) is 30.8. The van der Waals surface area contributed by atoms with Crippen molar-refractivity contribution in [2.24, 2.45) is 0 Å². The van der Waals surface area contributed by atoms with Crippen molar-refractivity contribution in [3.8, 4) is 11.5 Å². The van der Waals surface area contributed by atoms with Crippen LogP contribution in [-0.4, -0.2) is 87.7 Å². The van der Waals surface area contributed by atoms with E-state index in [1.54, 1.807) is 55.6 Å². The van der Waals surface area contributed by atoms with Crippen LogP contribution in [-0.2, 0) is 28.7 Å². The van der Waals surface area contributed by atoms with Crippen LogP contribution >= 0.6 is 0 Å². The van der Waals surface area contributed by atoms with Gasteiger partial charge in [0, 0.05) is 25.6 Å². The van der Waals surface area contributed by atoms with Gasteiger partial charge in [0.25, 0.3) is 23.6 Å². The van der Waals surface area contributed by atoms with E-state index in [0.29, 0.717) is 33.8 Å². The van der Waals surface area contributed by atoms with E-state index in [2.05, 4.69) is 15.4 Å². The quantitative estimate of drug-likeness (QED) is 0.147. The summed E-state index contributed by atoms with van der Waals surface area (Å²) in [4.78, 5) is 53.7. The van der Waals surface area contributed by atoms with E-state index in [9.17, 15) is 28.0 Å². The molecule has 4 amide bonds. The van der Waals surface area contributed by atoms with Gasteiger partial charge in [-0.2, -0.15) is 8.78 Å². The zero-order valence-corrected chi connectivity index (χ0v) is 29.7.